The van der Waals surface area contributed by atoms with Crippen LogP contribution in [0, 0.1) is 0 Å². The predicted octanol–water partition coefficient (Wildman–Crippen LogP) is -3.14. The fourth-order valence-electron chi connectivity index (χ4n) is 1.02. The smallest absolute Gasteiger partial charge is 0.541 e. The van der Waals surface area contributed by atoms with E-state index in [9.17, 15) is 9.90 Å². The van der Waals surface area contributed by atoms with Crippen LogP contribution in [0.5, 0.6) is 0 Å². The van der Waals surface area contributed by atoms with Crippen LogP contribution in [0.2, 0.25) is 0 Å². The van der Waals surface area contributed by atoms with Crippen molar-refractivity contribution in [1.29, 1.82) is 0 Å². The van der Waals surface area contributed by atoms with Crippen molar-refractivity contribution in [1.82, 2.24) is 14.6 Å². The maximum atomic E-state index is 10.5. The summed E-state index contributed by atoms with van der Waals surface area (Å²) in [5.74, 6) is -1.54. The van der Waals surface area contributed by atoms with Crippen molar-refractivity contribution in [2.24, 2.45) is 0 Å². The van der Waals surface area contributed by atoms with Gasteiger partial charge < -0.3 is 9.90 Å². The third kappa shape index (κ3) is 1.69. The number of carbonyl (C=O) groups excluding carboxylic acids is 1. The summed E-state index contributed by atoms with van der Waals surface area (Å²) < 4.78 is 2.04. The molecule has 0 aliphatic heterocycles. The number of carboxylic acid groups (broad SMARTS) is 1. The molecule has 7 heteroatoms. The molecule has 5 nitrogen and oxygen atoms in total. The van der Waals surface area contributed by atoms with E-state index in [1.165, 1.54) is 4.40 Å². The zero-order chi connectivity index (χ0) is 9.42. The van der Waals surface area contributed by atoms with Gasteiger partial charge in [-0.15, -0.1) is 10.2 Å². The Morgan fingerprint density at radius 3 is 2.86 bits per heavy atom. The van der Waals surface area contributed by atoms with Crippen molar-refractivity contribution in [3.05, 3.63) is 28.6 Å². The third-order valence-corrected chi connectivity index (χ3v) is 2.19. The Bertz CT molecular complexity index is 485. The summed E-state index contributed by atoms with van der Waals surface area (Å²) >= 11 is 3.22. The van der Waals surface area contributed by atoms with Gasteiger partial charge in [-0.1, -0.05) is 0 Å². The van der Waals surface area contributed by atoms with Crippen molar-refractivity contribution in [2.75, 3.05) is 0 Å². The first-order chi connectivity index (χ1) is 6.20. The number of aromatic nitrogens is 3. The number of halogens is 1. The van der Waals surface area contributed by atoms with Gasteiger partial charge in [0.1, 0.15) is 5.97 Å². The zero-order valence-corrected chi connectivity index (χ0v) is 8.85. The first-order valence-electron chi connectivity index (χ1n) is 3.41. The summed E-state index contributed by atoms with van der Waals surface area (Å²) in [4.78, 5) is 10.5. The molecular weight excluding hydrogens is 245 g/mol. The van der Waals surface area contributed by atoms with E-state index in [1.807, 2.05) is 0 Å². The minimum atomic E-state index is -1.34. The number of carbonyl (C=O) groups is 1. The molecule has 2 aromatic rings. The van der Waals surface area contributed by atoms with Gasteiger partial charge in [-0.05, 0) is 28.1 Å². The number of hydrogen-bond acceptors (Lipinski definition) is 4. The maximum absolute atomic E-state index is 10.5. The number of pyridine rings is 1. The minimum Gasteiger partial charge on any atom is -0.541 e. The monoisotopic (exact) mass is 247 g/mol. The van der Waals surface area contributed by atoms with E-state index in [1.54, 1.807) is 18.3 Å². The topological polar surface area (TPSA) is 70.3 Å². The predicted molar refractivity (Wildman–Crippen MR) is 45.0 cm³/mol. The molecule has 0 N–H and O–H groups in total. The van der Waals surface area contributed by atoms with Crippen molar-refractivity contribution in [3.63, 3.8) is 0 Å². The molecule has 0 saturated heterocycles. The van der Waals surface area contributed by atoms with E-state index in [0.717, 1.165) is 0 Å². The average Bonchev–Trinajstić information content (AvgIpc) is 2.48. The van der Waals surface area contributed by atoms with Crippen LogP contribution in [-0.4, -0.2) is 20.6 Å². The van der Waals surface area contributed by atoms with Gasteiger partial charge in [0.25, 0.3) is 0 Å². The van der Waals surface area contributed by atoms with Gasteiger partial charge in [-0.25, -0.2) is 0 Å². The molecule has 0 aromatic carbocycles. The van der Waals surface area contributed by atoms with E-state index in [2.05, 4.69) is 26.1 Å². The maximum Gasteiger partial charge on any atom is 1.00 e. The standard InChI is InChI=1S/C7H4BrN3O2.Li/c8-4-2-1-3-11-5(4)9-10-6(11)7(12)13;/h1-3H,(H,12,13);/q;+1/p-1. The largest absolute Gasteiger partial charge is 1.00 e. The average molecular weight is 248 g/mol. The SMILES string of the molecule is O=C([O-])c1nnc2c(Br)cccn12.[Li+]. The Morgan fingerprint density at radius 1 is 1.50 bits per heavy atom. The first kappa shape index (κ1) is 11.2. The van der Waals surface area contributed by atoms with Crippen molar-refractivity contribution in [3.8, 4) is 0 Å². The number of fused-ring (bicyclic) bond motifs is 1. The summed E-state index contributed by atoms with van der Waals surface area (Å²) in [6.45, 7) is 0. The van der Waals surface area contributed by atoms with Crippen molar-refractivity contribution < 1.29 is 28.8 Å². The molecule has 66 valence electrons. The Kier molecular flexibility index (Phi) is 3.32. The second-order valence-corrected chi connectivity index (χ2v) is 3.22. The van der Waals surface area contributed by atoms with Crippen LogP contribution in [-0.2, 0) is 0 Å². The summed E-state index contributed by atoms with van der Waals surface area (Å²) in [5.41, 5.74) is 0.460. The van der Waals surface area contributed by atoms with Crippen LogP contribution in [0.4, 0.5) is 0 Å². The number of hydrogen-bond donors (Lipinski definition) is 0. The Labute approximate surface area is 99.4 Å². The number of rotatable bonds is 1. The van der Waals surface area contributed by atoms with Gasteiger partial charge in [0.2, 0.25) is 0 Å². The fourth-order valence-corrected chi connectivity index (χ4v) is 1.45. The number of carboxylic acids is 1. The number of nitrogens with zero attached hydrogens (tertiary/aromatic N) is 3. The second-order valence-electron chi connectivity index (χ2n) is 2.36. The van der Waals surface area contributed by atoms with Crippen LogP contribution in [0.1, 0.15) is 10.6 Å². The molecular formula is C7H3BrLiN3O2. The first-order valence-corrected chi connectivity index (χ1v) is 4.20. The van der Waals surface area contributed by atoms with Gasteiger partial charge in [-0.2, -0.15) is 0 Å². The Balaban J connectivity index is 0.000000980. The summed E-state index contributed by atoms with van der Waals surface area (Å²) in [5, 5.41) is 17.7. The van der Waals surface area contributed by atoms with Crippen LogP contribution >= 0.6 is 15.9 Å². The molecule has 0 unspecified atom stereocenters. The van der Waals surface area contributed by atoms with Crippen LogP contribution in [0.15, 0.2) is 22.8 Å². The van der Waals surface area contributed by atoms with Gasteiger partial charge >= 0.3 is 18.9 Å². The van der Waals surface area contributed by atoms with E-state index in [4.69, 9.17) is 0 Å². The molecule has 0 aliphatic rings. The molecule has 14 heavy (non-hydrogen) atoms. The van der Waals surface area contributed by atoms with Crippen LogP contribution in [0.3, 0.4) is 0 Å². The molecule has 0 atom stereocenters. The second kappa shape index (κ2) is 4.13. The Hall–Kier alpha value is -0.833. The van der Waals surface area contributed by atoms with Crippen LogP contribution < -0.4 is 24.0 Å². The fraction of sp³-hybridized carbons (Fsp3) is 0. The molecule has 0 fully saturated rings. The molecule has 0 radical (unpaired) electrons. The van der Waals surface area contributed by atoms with Gasteiger partial charge in [0, 0.05) is 6.20 Å². The summed E-state index contributed by atoms with van der Waals surface area (Å²) in [7, 11) is 0. The van der Waals surface area contributed by atoms with E-state index < -0.39 is 5.97 Å². The molecule has 2 aromatic heterocycles. The summed E-state index contributed by atoms with van der Waals surface area (Å²) in [6, 6.07) is 3.44. The molecule has 0 saturated carbocycles. The molecule has 2 rings (SSSR count). The van der Waals surface area contributed by atoms with Gasteiger partial charge in [0.05, 0.1) is 4.47 Å². The van der Waals surface area contributed by atoms with Gasteiger partial charge in [-0.3, -0.25) is 4.40 Å². The van der Waals surface area contributed by atoms with Crippen LogP contribution in [0.25, 0.3) is 5.65 Å². The van der Waals surface area contributed by atoms with Gasteiger partial charge in [0.15, 0.2) is 11.5 Å². The molecule has 0 bridgehead atoms. The van der Waals surface area contributed by atoms with E-state index in [0.29, 0.717) is 10.1 Å². The van der Waals surface area contributed by atoms with Crippen molar-refractivity contribution in [2.45, 2.75) is 0 Å². The third-order valence-electron chi connectivity index (χ3n) is 1.57. The summed E-state index contributed by atoms with van der Waals surface area (Å²) in [6.07, 6.45) is 1.56. The van der Waals surface area contributed by atoms with Crippen molar-refractivity contribution >= 4 is 27.5 Å². The zero-order valence-electron chi connectivity index (χ0n) is 7.27. The Morgan fingerprint density at radius 2 is 2.21 bits per heavy atom. The quantitative estimate of drug-likeness (QED) is 0.500. The molecule has 0 amide bonds. The molecule has 0 spiro atoms. The molecule has 2 heterocycles. The molecule has 0 aliphatic carbocycles. The van der Waals surface area contributed by atoms with E-state index >= 15 is 0 Å². The number of aromatic carboxylic acids is 1. The van der Waals surface area contributed by atoms with E-state index in [-0.39, 0.29) is 24.7 Å². The normalized spacial score (nSPS) is 9.79. The minimum absolute atomic E-state index is 0.